The van der Waals surface area contributed by atoms with Crippen LogP contribution >= 0.6 is 0 Å². The molecule has 3 heteroatoms. The summed E-state index contributed by atoms with van der Waals surface area (Å²) < 4.78 is 0. The largest absolute Gasteiger partial charge is 0.315 e. The molecule has 0 aliphatic rings. The maximum absolute atomic E-state index is 8.90. The molecule has 0 aromatic rings. The molecule has 1 N–H and O–H groups in total. The lowest BCUT2D eigenvalue weighted by atomic mass is 9.91. The fourth-order valence-corrected chi connectivity index (χ4v) is 1.90. The highest BCUT2D eigenvalue weighted by atomic mass is 15.2. The van der Waals surface area contributed by atoms with Gasteiger partial charge in [0.15, 0.2) is 0 Å². The number of nitrogens with one attached hydrogen (secondary N) is 1. The van der Waals surface area contributed by atoms with Gasteiger partial charge in [-0.1, -0.05) is 0 Å². The third-order valence-electron chi connectivity index (χ3n) is 3.10. The summed E-state index contributed by atoms with van der Waals surface area (Å²) in [6.07, 6.45) is 0.910. The van der Waals surface area contributed by atoms with Crippen LogP contribution in [0.2, 0.25) is 0 Å². The maximum Gasteiger partial charge on any atom is 0.0684 e. The molecule has 0 heterocycles. The number of rotatable bonds is 8. The van der Waals surface area contributed by atoms with Gasteiger partial charge in [-0.25, -0.2) is 0 Å². The van der Waals surface area contributed by atoms with Crippen LogP contribution in [-0.2, 0) is 0 Å². The van der Waals surface area contributed by atoms with Crippen LogP contribution in [0, 0.1) is 16.7 Å². The quantitative estimate of drug-likeness (QED) is 0.662. The molecule has 0 radical (unpaired) electrons. The Morgan fingerprint density at radius 2 is 1.65 bits per heavy atom. The zero-order valence-corrected chi connectivity index (χ0v) is 12.4. The highest BCUT2D eigenvalue weighted by Gasteiger charge is 2.16. The molecule has 0 saturated heterocycles. The number of nitrogens with zero attached hydrogens (tertiary/aromatic N) is 2. The molecule has 0 unspecified atom stereocenters. The highest BCUT2D eigenvalue weighted by Crippen LogP contribution is 2.16. The van der Waals surface area contributed by atoms with Gasteiger partial charge in [0.25, 0.3) is 0 Å². The van der Waals surface area contributed by atoms with Crippen LogP contribution in [0.3, 0.4) is 0 Å². The van der Waals surface area contributed by atoms with Crippen molar-refractivity contribution in [3.8, 4) is 6.07 Å². The Morgan fingerprint density at radius 1 is 1.12 bits per heavy atom. The topological polar surface area (TPSA) is 39.1 Å². The Bertz CT molecular complexity index is 230. The molecule has 0 aliphatic heterocycles. The molecular formula is C14H29N3. The molecule has 0 spiro atoms. The predicted octanol–water partition coefficient (Wildman–Crippen LogP) is 2.63. The fraction of sp³-hybridized carbons (Fsp3) is 0.929. The predicted molar refractivity (Wildman–Crippen MR) is 73.9 cm³/mol. The minimum Gasteiger partial charge on any atom is -0.315 e. The minimum atomic E-state index is -0.206. The molecule has 0 aliphatic carbocycles. The molecular weight excluding hydrogens is 210 g/mol. The van der Waals surface area contributed by atoms with Gasteiger partial charge in [0.1, 0.15) is 0 Å². The van der Waals surface area contributed by atoms with Crippen LogP contribution in [0.25, 0.3) is 0 Å². The van der Waals surface area contributed by atoms with E-state index in [1.165, 1.54) is 0 Å². The van der Waals surface area contributed by atoms with Gasteiger partial charge in [-0.3, -0.25) is 4.90 Å². The molecule has 0 saturated carbocycles. The van der Waals surface area contributed by atoms with Crippen LogP contribution in [0.15, 0.2) is 0 Å². The zero-order valence-electron chi connectivity index (χ0n) is 12.4. The van der Waals surface area contributed by atoms with Gasteiger partial charge in [0, 0.05) is 25.2 Å². The van der Waals surface area contributed by atoms with Gasteiger partial charge in [0.2, 0.25) is 0 Å². The van der Waals surface area contributed by atoms with Crippen molar-refractivity contribution in [3.05, 3.63) is 0 Å². The molecule has 0 amide bonds. The van der Waals surface area contributed by atoms with Gasteiger partial charge < -0.3 is 5.32 Å². The Labute approximate surface area is 107 Å². The molecule has 0 aromatic heterocycles. The second kappa shape index (κ2) is 7.68. The van der Waals surface area contributed by atoms with Crippen LogP contribution in [-0.4, -0.2) is 36.6 Å². The number of nitriles is 1. The first-order valence-corrected chi connectivity index (χ1v) is 6.68. The van der Waals surface area contributed by atoms with Crippen molar-refractivity contribution in [2.45, 2.75) is 60.0 Å². The Morgan fingerprint density at radius 3 is 2.06 bits per heavy atom. The average molecular weight is 239 g/mol. The van der Waals surface area contributed by atoms with Gasteiger partial charge in [0.05, 0.1) is 11.5 Å². The van der Waals surface area contributed by atoms with Crippen molar-refractivity contribution in [3.63, 3.8) is 0 Å². The number of hydrogen-bond acceptors (Lipinski definition) is 3. The summed E-state index contributed by atoms with van der Waals surface area (Å²) in [7, 11) is 0. The standard InChI is InChI=1S/C14H29N3/c1-12(2)17(13(3)4)10-9-16-8-7-14(5,6)11-15/h12-13,16H,7-10H2,1-6H3. The second-order valence-corrected chi connectivity index (χ2v) is 5.92. The SMILES string of the molecule is CC(C)N(CCNCCC(C)(C)C#N)C(C)C. The van der Waals surface area contributed by atoms with Gasteiger partial charge in [-0.2, -0.15) is 5.26 Å². The van der Waals surface area contributed by atoms with Crippen molar-refractivity contribution in [2.75, 3.05) is 19.6 Å². The molecule has 0 atom stereocenters. The lowest BCUT2D eigenvalue weighted by Gasteiger charge is -2.30. The lowest BCUT2D eigenvalue weighted by molar-refractivity contribution is 0.175. The van der Waals surface area contributed by atoms with Gasteiger partial charge in [-0.15, -0.1) is 0 Å². The molecule has 17 heavy (non-hydrogen) atoms. The van der Waals surface area contributed by atoms with E-state index in [4.69, 9.17) is 5.26 Å². The third kappa shape index (κ3) is 7.36. The van der Waals surface area contributed by atoms with Crippen LogP contribution in [0.5, 0.6) is 0 Å². The van der Waals surface area contributed by atoms with Crippen molar-refractivity contribution in [1.82, 2.24) is 10.2 Å². The highest BCUT2D eigenvalue weighted by molar-refractivity contribution is 4.91. The Hall–Kier alpha value is -0.590. The maximum atomic E-state index is 8.90. The third-order valence-corrected chi connectivity index (χ3v) is 3.10. The van der Waals surface area contributed by atoms with Crippen LogP contribution in [0.1, 0.15) is 48.0 Å². The van der Waals surface area contributed by atoms with Crippen molar-refractivity contribution >= 4 is 0 Å². The molecule has 100 valence electrons. The minimum absolute atomic E-state index is 0.206. The molecule has 0 fully saturated rings. The van der Waals surface area contributed by atoms with E-state index in [0.717, 1.165) is 26.1 Å². The molecule has 3 nitrogen and oxygen atoms in total. The van der Waals surface area contributed by atoms with E-state index in [2.05, 4.69) is 44.0 Å². The summed E-state index contributed by atoms with van der Waals surface area (Å²) >= 11 is 0. The van der Waals surface area contributed by atoms with E-state index < -0.39 is 0 Å². The van der Waals surface area contributed by atoms with Crippen LogP contribution in [0.4, 0.5) is 0 Å². The Kier molecular flexibility index (Phi) is 7.41. The fourth-order valence-electron chi connectivity index (χ4n) is 1.90. The first-order chi connectivity index (χ1) is 7.80. The van der Waals surface area contributed by atoms with E-state index in [1.807, 2.05) is 13.8 Å². The van der Waals surface area contributed by atoms with Gasteiger partial charge >= 0.3 is 0 Å². The average Bonchev–Trinajstić information content (AvgIpc) is 2.22. The first-order valence-electron chi connectivity index (χ1n) is 6.68. The summed E-state index contributed by atoms with van der Waals surface area (Å²) in [5.74, 6) is 0. The summed E-state index contributed by atoms with van der Waals surface area (Å²) in [5, 5.41) is 12.3. The van der Waals surface area contributed by atoms with E-state index >= 15 is 0 Å². The lowest BCUT2D eigenvalue weighted by Crippen LogP contribution is -2.41. The van der Waals surface area contributed by atoms with E-state index in [9.17, 15) is 0 Å². The van der Waals surface area contributed by atoms with E-state index in [-0.39, 0.29) is 5.41 Å². The normalized spacial score (nSPS) is 12.5. The monoisotopic (exact) mass is 239 g/mol. The summed E-state index contributed by atoms with van der Waals surface area (Å²) in [6.45, 7) is 15.9. The molecule has 0 rings (SSSR count). The molecule has 0 bridgehead atoms. The summed E-state index contributed by atoms with van der Waals surface area (Å²) in [4.78, 5) is 2.47. The number of hydrogen-bond donors (Lipinski definition) is 1. The second-order valence-electron chi connectivity index (χ2n) is 5.92. The van der Waals surface area contributed by atoms with Gasteiger partial charge in [-0.05, 0) is 54.5 Å². The Balaban J connectivity index is 3.74. The van der Waals surface area contributed by atoms with E-state index in [0.29, 0.717) is 12.1 Å². The van der Waals surface area contributed by atoms with Crippen molar-refractivity contribution < 1.29 is 0 Å². The summed E-state index contributed by atoms with van der Waals surface area (Å²) in [6, 6.07) is 3.51. The first kappa shape index (κ1) is 16.4. The van der Waals surface area contributed by atoms with Crippen molar-refractivity contribution in [1.29, 1.82) is 5.26 Å². The van der Waals surface area contributed by atoms with Crippen molar-refractivity contribution in [2.24, 2.45) is 5.41 Å². The van der Waals surface area contributed by atoms with E-state index in [1.54, 1.807) is 0 Å². The smallest absolute Gasteiger partial charge is 0.0684 e. The van der Waals surface area contributed by atoms with Crippen LogP contribution < -0.4 is 5.32 Å². The zero-order chi connectivity index (χ0) is 13.5. The molecule has 0 aromatic carbocycles. The summed E-state index contributed by atoms with van der Waals surface area (Å²) in [5.41, 5.74) is -0.206.